The van der Waals surface area contributed by atoms with Crippen molar-refractivity contribution >= 4 is 62.3 Å². The first-order valence-electron chi connectivity index (χ1n) is 8.23. The predicted octanol–water partition coefficient (Wildman–Crippen LogP) is 4.63. The van der Waals surface area contributed by atoms with Crippen LogP contribution in [0.15, 0.2) is 36.4 Å². The van der Waals surface area contributed by atoms with Gasteiger partial charge >= 0.3 is 0 Å². The van der Waals surface area contributed by atoms with Crippen molar-refractivity contribution in [2.24, 2.45) is 0 Å². The minimum Gasteiger partial charge on any atom is -0.308 e. The SMILES string of the molecule is CN(C)CCN(C(=O)c1cc([N+](=O)[O-])ccc1Cl)c1nc2c(F)cccc2s1.Cl. The molecule has 3 rings (SSSR count). The van der Waals surface area contributed by atoms with Gasteiger partial charge in [-0.2, -0.15) is 0 Å². The van der Waals surface area contributed by atoms with E-state index in [1.807, 2.05) is 19.0 Å². The van der Waals surface area contributed by atoms with Crippen molar-refractivity contribution in [2.45, 2.75) is 0 Å². The van der Waals surface area contributed by atoms with Gasteiger partial charge in [-0.1, -0.05) is 29.0 Å². The zero-order valence-corrected chi connectivity index (χ0v) is 17.9. The molecule has 0 spiro atoms. The van der Waals surface area contributed by atoms with Crippen LogP contribution in [0.3, 0.4) is 0 Å². The van der Waals surface area contributed by atoms with Gasteiger partial charge in [0.1, 0.15) is 11.3 Å². The van der Waals surface area contributed by atoms with Crippen molar-refractivity contribution in [3.8, 4) is 0 Å². The number of carbonyl (C=O) groups is 1. The summed E-state index contributed by atoms with van der Waals surface area (Å²) in [5, 5.41) is 11.5. The standard InChI is InChI=1S/C18H16ClFN4O3S.ClH/c1-22(2)8-9-23(18-21-16-14(20)4-3-5-15(16)28-18)17(25)12-10-11(24(26)27)6-7-13(12)19;/h3-7,10H,8-9H2,1-2H3;1H. The van der Waals surface area contributed by atoms with E-state index in [9.17, 15) is 19.3 Å². The van der Waals surface area contributed by atoms with Gasteiger partial charge in [-0.3, -0.25) is 19.8 Å². The molecule has 0 atom stereocenters. The smallest absolute Gasteiger partial charge is 0.270 e. The molecule has 0 fully saturated rings. The first kappa shape index (κ1) is 23.0. The molecule has 1 heterocycles. The van der Waals surface area contributed by atoms with Crippen molar-refractivity contribution in [1.82, 2.24) is 9.88 Å². The normalized spacial score (nSPS) is 10.8. The van der Waals surface area contributed by atoms with Crippen LogP contribution < -0.4 is 4.90 Å². The number of rotatable bonds is 6. The minimum absolute atomic E-state index is 0. The molecule has 0 saturated heterocycles. The lowest BCUT2D eigenvalue weighted by Crippen LogP contribution is -2.37. The van der Waals surface area contributed by atoms with Gasteiger partial charge < -0.3 is 4.90 Å². The van der Waals surface area contributed by atoms with Gasteiger partial charge in [0, 0.05) is 25.2 Å². The van der Waals surface area contributed by atoms with Crippen LogP contribution in [0, 0.1) is 15.9 Å². The first-order valence-corrected chi connectivity index (χ1v) is 9.43. The number of para-hydroxylation sites is 1. The zero-order chi connectivity index (χ0) is 20.4. The lowest BCUT2D eigenvalue weighted by atomic mass is 10.1. The van der Waals surface area contributed by atoms with Crippen molar-refractivity contribution in [1.29, 1.82) is 0 Å². The van der Waals surface area contributed by atoms with E-state index in [1.165, 1.54) is 34.4 Å². The summed E-state index contributed by atoms with van der Waals surface area (Å²) in [4.78, 5) is 31.2. The summed E-state index contributed by atoms with van der Waals surface area (Å²) in [6.45, 7) is 0.767. The molecule has 11 heteroatoms. The highest BCUT2D eigenvalue weighted by Gasteiger charge is 2.25. The molecule has 0 aliphatic heterocycles. The Morgan fingerprint density at radius 3 is 2.62 bits per heavy atom. The number of nitro groups is 1. The van der Waals surface area contributed by atoms with E-state index in [0.717, 1.165) is 6.07 Å². The molecule has 1 amide bonds. The lowest BCUT2D eigenvalue weighted by molar-refractivity contribution is -0.384. The predicted molar refractivity (Wildman–Crippen MR) is 115 cm³/mol. The Balaban J connectivity index is 0.00000300. The number of nitrogens with zero attached hydrogens (tertiary/aromatic N) is 4. The quantitative estimate of drug-likeness (QED) is 0.397. The van der Waals surface area contributed by atoms with Crippen LogP contribution >= 0.6 is 35.3 Å². The van der Waals surface area contributed by atoms with Crippen molar-refractivity contribution < 1.29 is 14.1 Å². The maximum absolute atomic E-state index is 14.0. The highest BCUT2D eigenvalue weighted by Crippen LogP contribution is 2.32. The third-order valence-corrected chi connectivity index (χ3v) is 5.37. The Kier molecular flexibility index (Phi) is 7.48. The van der Waals surface area contributed by atoms with Gasteiger partial charge in [0.05, 0.1) is 20.2 Å². The van der Waals surface area contributed by atoms with Gasteiger partial charge in [-0.25, -0.2) is 9.37 Å². The number of halogens is 3. The van der Waals surface area contributed by atoms with Gasteiger partial charge in [0.15, 0.2) is 5.13 Å². The first-order chi connectivity index (χ1) is 13.3. The fraction of sp³-hybridized carbons (Fsp3) is 0.222. The molecule has 0 radical (unpaired) electrons. The lowest BCUT2D eigenvalue weighted by Gasteiger charge is -2.22. The molecular weight excluding hydrogens is 442 g/mol. The average molecular weight is 459 g/mol. The minimum atomic E-state index is -0.593. The summed E-state index contributed by atoms with van der Waals surface area (Å²) in [5.41, 5.74) is -0.0692. The van der Waals surface area contributed by atoms with Gasteiger partial charge in [0.25, 0.3) is 11.6 Å². The molecular formula is C18H17Cl2FN4O3S. The molecule has 7 nitrogen and oxygen atoms in total. The monoisotopic (exact) mass is 458 g/mol. The van der Waals surface area contributed by atoms with Crippen LogP contribution in [0.25, 0.3) is 10.2 Å². The highest BCUT2D eigenvalue weighted by molar-refractivity contribution is 7.22. The second-order valence-electron chi connectivity index (χ2n) is 6.26. The van der Waals surface area contributed by atoms with E-state index >= 15 is 0 Å². The molecule has 3 aromatic rings. The Morgan fingerprint density at radius 1 is 1.28 bits per heavy atom. The van der Waals surface area contributed by atoms with Crippen LogP contribution in [0.5, 0.6) is 0 Å². The molecule has 0 aliphatic carbocycles. The van der Waals surface area contributed by atoms with E-state index in [0.29, 0.717) is 16.4 Å². The number of nitro benzene ring substituents is 1. The van der Waals surface area contributed by atoms with Gasteiger partial charge in [0.2, 0.25) is 0 Å². The number of hydrogen-bond acceptors (Lipinski definition) is 6. The fourth-order valence-electron chi connectivity index (χ4n) is 2.54. The van der Waals surface area contributed by atoms with E-state index in [4.69, 9.17) is 11.6 Å². The average Bonchev–Trinajstić information content (AvgIpc) is 3.07. The van der Waals surface area contributed by atoms with Crippen LogP contribution in [-0.4, -0.2) is 47.9 Å². The number of likely N-dealkylation sites (N-methyl/N-ethyl adjacent to an activating group) is 1. The number of amides is 1. The Bertz CT molecular complexity index is 1060. The summed E-state index contributed by atoms with van der Waals surface area (Å²) in [7, 11) is 3.70. The molecule has 0 aliphatic rings. The number of hydrogen-bond donors (Lipinski definition) is 0. The molecule has 0 bridgehead atoms. The molecule has 154 valence electrons. The molecule has 1 aromatic heterocycles. The van der Waals surface area contributed by atoms with Gasteiger partial charge in [-0.15, -0.1) is 12.4 Å². The number of benzene rings is 2. The van der Waals surface area contributed by atoms with Crippen LogP contribution in [0.2, 0.25) is 5.02 Å². The van der Waals surface area contributed by atoms with E-state index in [1.54, 1.807) is 12.1 Å². The summed E-state index contributed by atoms with van der Waals surface area (Å²) in [5.74, 6) is -1.01. The highest BCUT2D eigenvalue weighted by atomic mass is 35.5. The Morgan fingerprint density at radius 2 is 2.00 bits per heavy atom. The molecule has 0 N–H and O–H groups in total. The summed E-state index contributed by atoms with van der Waals surface area (Å²) in [6, 6.07) is 8.28. The Labute approximate surface area is 181 Å². The van der Waals surface area contributed by atoms with E-state index in [2.05, 4.69) is 4.98 Å². The molecule has 2 aromatic carbocycles. The maximum atomic E-state index is 14.0. The zero-order valence-electron chi connectivity index (χ0n) is 15.5. The van der Waals surface area contributed by atoms with Gasteiger partial charge in [-0.05, 0) is 32.3 Å². The summed E-state index contributed by atoms with van der Waals surface area (Å²) >= 11 is 7.31. The molecule has 0 unspecified atom stereocenters. The second-order valence-corrected chi connectivity index (χ2v) is 7.68. The molecule has 0 saturated carbocycles. The number of anilines is 1. The summed E-state index contributed by atoms with van der Waals surface area (Å²) in [6.07, 6.45) is 0. The number of carbonyl (C=O) groups excluding carboxylic acids is 1. The van der Waals surface area contributed by atoms with E-state index < -0.39 is 16.6 Å². The topological polar surface area (TPSA) is 79.6 Å². The fourth-order valence-corrected chi connectivity index (χ4v) is 3.74. The van der Waals surface area contributed by atoms with E-state index in [-0.39, 0.29) is 40.7 Å². The van der Waals surface area contributed by atoms with Crippen LogP contribution in [-0.2, 0) is 0 Å². The van der Waals surface area contributed by atoms with Crippen molar-refractivity contribution in [3.63, 3.8) is 0 Å². The third kappa shape index (κ3) is 4.99. The second kappa shape index (κ2) is 9.45. The number of fused-ring (bicyclic) bond motifs is 1. The third-order valence-electron chi connectivity index (χ3n) is 4.00. The van der Waals surface area contributed by atoms with Crippen molar-refractivity contribution in [3.05, 3.63) is 62.9 Å². The van der Waals surface area contributed by atoms with Crippen LogP contribution in [0.4, 0.5) is 15.2 Å². The number of aromatic nitrogens is 1. The summed E-state index contributed by atoms with van der Waals surface area (Å²) < 4.78 is 14.6. The van der Waals surface area contributed by atoms with Crippen LogP contribution in [0.1, 0.15) is 10.4 Å². The largest absolute Gasteiger partial charge is 0.308 e. The Hall–Kier alpha value is -2.33. The van der Waals surface area contributed by atoms with Crippen molar-refractivity contribution in [2.75, 3.05) is 32.1 Å². The maximum Gasteiger partial charge on any atom is 0.270 e. The molecule has 29 heavy (non-hydrogen) atoms. The number of thiazole rings is 1. The number of non-ortho nitro benzene ring substituents is 1.